The summed E-state index contributed by atoms with van der Waals surface area (Å²) in [6, 6.07) is 14.9. The number of benzene rings is 2. The molecule has 6 heteroatoms. The zero-order valence-corrected chi connectivity index (χ0v) is 15.5. The molecule has 1 aliphatic rings. The average Bonchev–Trinajstić information content (AvgIpc) is 2.56. The summed E-state index contributed by atoms with van der Waals surface area (Å²) in [7, 11) is 0. The molecule has 124 valence electrons. The van der Waals surface area contributed by atoms with Gasteiger partial charge in [-0.1, -0.05) is 30.0 Å². The summed E-state index contributed by atoms with van der Waals surface area (Å²) in [6.07, 6.45) is 0. The highest BCUT2D eigenvalue weighted by Gasteiger charge is 2.15. The van der Waals surface area contributed by atoms with Crippen molar-refractivity contribution >= 4 is 46.2 Å². The van der Waals surface area contributed by atoms with Gasteiger partial charge >= 0.3 is 0 Å². The second-order valence-electron chi connectivity index (χ2n) is 5.87. The molecule has 2 aromatic carbocycles. The van der Waals surface area contributed by atoms with E-state index in [1.54, 1.807) is 11.8 Å². The Morgan fingerprint density at radius 2 is 1.88 bits per heavy atom. The molecule has 1 aliphatic heterocycles. The Labute approximate surface area is 152 Å². The number of rotatable bonds is 3. The van der Waals surface area contributed by atoms with Crippen molar-refractivity contribution in [2.24, 2.45) is 5.10 Å². The molecule has 3 rings (SSSR count). The van der Waals surface area contributed by atoms with Gasteiger partial charge in [-0.3, -0.25) is 5.43 Å². The highest BCUT2D eigenvalue weighted by Crippen LogP contribution is 2.44. The van der Waals surface area contributed by atoms with E-state index in [1.807, 2.05) is 26.8 Å². The van der Waals surface area contributed by atoms with E-state index in [1.165, 1.54) is 9.79 Å². The van der Waals surface area contributed by atoms with Crippen molar-refractivity contribution in [3.63, 3.8) is 0 Å². The van der Waals surface area contributed by atoms with E-state index >= 15 is 0 Å². The van der Waals surface area contributed by atoms with Crippen LogP contribution in [0.25, 0.3) is 0 Å². The normalized spacial score (nSPS) is 12.9. The fourth-order valence-electron chi connectivity index (χ4n) is 2.36. The minimum absolute atomic E-state index is 0.283. The lowest BCUT2D eigenvalue weighted by Gasteiger charge is -2.21. The van der Waals surface area contributed by atoms with E-state index in [4.69, 9.17) is 12.2 Å². The van der Waals surface area contributed by atoms with Gasteiger partial charge in [-0.05, 0) is 62.8 Å². The predicted molar refractivity (Wildman–Crippen MR) is 107 cm³/mol. The third-order valence-electron chi connectivity index (χ3n) is 3.52. The average molecular weight is 357 g/mol. The second-order valence-corrected chi connectivity index (χ2v) is 7.36. The summed E-state index contributed by atoms with van der Waals surface area (Å²) in [4.78, 5) is 2.46. The van der Waals surface area contributed by atoms with Gasteiger partial charge in [0.1, 0.15) is 0 Å². The lowest BCUT2D eigenvalue weighted by molar-refractivity contribution is 0.719. The van der Waals surface area contributed by atoms with Crippen molar-refractivity contribution in [2.45, 2.75) is 36.6 Å². The zero-order valence-electron chi connectivity index (χ0n) is 13.9. The summed E-state index contributed by atoms with van der Waals surface area (Å²) < 4.78 is 0. The molecule has 0 fully saturated rings. The molecule has 2 aromatic rings. The standard InChI is InChI=1S/C18H20N4S2/c1-11(2)19-18(23)22-21-12(3)13-8-9-17-15(10-13)20-14-6-4-5-7-16(14)24-17/h4-11,20H,1-3H3,(H2,19,22,23)/b21-12-. The van der Waals surface area contributed by atoms with Crippen molar-refractivity contribution in [2.75, 3.05) is 5.32 Å². The predicted octanol–water partition coefficient (Wildman–Crippen LogP) is 4.49. The summed E-state index contributed by atoms with van der Waals surface area (Å²) in [6.45, 7) is 6.04. The number of hydrogen-bond donors (Lipinski definition) is 3. The third-order valence-corrected chi connectivity index (χ3v) is 4.88. The molecule has 24 heavy (non-hydrogen) atoms. The van der Waals surface area contributed by atoms with Crippen LogP contribution in [-0.2, 0) is 0 Å². The molecule has 0 amide bonds. The van der Waals surface area contributed by atoms with Gasteiger partial charge in [0.15, 0.2) is 5.11 Å². The van der Waals surface area contributed by atoms with Crippen LogP contribution < -0.4 is 16.1 Å². The third kappa shape index (κ3) is 3.88. The topological polar surface area (TPSA) is 48.5 Å². The van der Waals surface area contributed by atoms with Gasteiger partial charge in [0.25, 0.3) is 0 Å². The number of thiocarbonyl (C=S) groups is 1. The molecule has 0 aliphatic carbocycles. The lowest BCUT2D eigenvalue weighted by Crippen LogP contribution is -2.37. The van der Waals surface area contributed by atoms with E-state index in [0.717, 1.165) is 22.6 Å². The van der Waals surface area contributed by atoms with Gasteiger partial charge in [0, 0.05) is 15.8 Å². The largest absolute Gasteiger partial charge is 0.359 e. The number of nitrogens with one attached hydrogen (secondary N) is 3. The molecule has 0 saturated carbocycles. The summed E-state index contributed by atoms with van der Waals surface area (Å²) in [5.74, 6) is 0. The van der Waals surface area contributed by atoms with Crippen molar-refractivity contribution in [3.8, 4) is 0 Å². The van der Waals surface area contributed by atoms with Gasteiger partial charge in [0.2, 0.25) is 0 Å². The van der Waals surface area contributed by atoms with Gasteiger partial charge in [0.05, 0.1) is 17.1 Å². The van der Waals surface area contributed by atoms with Crippen molar-refractivity contribution in [1.82, 2.24) is 10.7 Å². The monoisotopic (exact) mass is 356 g/mol. The Morgan fingerprint density at radius 3 is 2.67 bits per heavy atom. The molecule has 0 radical (unpaired) electrons. The van der Waals surface area contributed by atoms with Crippen molar-refractivity contribution in [3.05, 3.63) is 48.0 Å². The molecule has 3 N–H and O–H groups in total. The summed E-state index contributed by atoms with van der Waals surface area (Å²) >= 11 is 6.97. The van der Waals surface area contributed by atoms with Crippen molar-refractivity contribution < 1.29 is 0 Å². The Morgan fingerprint density at radius 1 is 1.12 bits per heavy atom. The number of hydrazone groups is 1. The van der Waals surface area contributed by atoms with Crippen LogP contribution in [0.15, 0.2) is 57.4 Å². The summed E-state index contributed by atoms with van der Waals surface area (Å²) in [5, 5.41) is 11.5. The molecule has 0 saturated heterocycles. The zero-order chi connectivity index (χ0) is 17.1. The first-order valence-electron chi connectivity index (χ1n) is 7.82. The van der Waals surface area contributed by atoms with E-state index in [9.17, 15) is 0 Å². The fraction of sp³-hybridized carbons (Fsp3) is 0.222. The van der Waals surface area contributed by atoms with E-state index < -0.39 is 0 Å². The second kappa shape index (κ2) is 7.23. The van der Waals surface area contributed by atoms with Crippen LogP contribution in [0.4, 0.5) is 11.4 Å². The van der Waals surface area contributed by atoms with Crippen LogP contribution in [0.1, 0.15) is 26.3 Å². The first-order valence-corrected chi connectivity index (χ1v) is 9.04. The highest BCUT2D eigenvalue weighted by molar-refractivity contribution is 7.99. The SMILES string of the molecule is C/C(=N/NC(=S)NC(C)C)c1ccc2c(c1)Nc1ccccc1S2. The van der Waals surface area contributed by atoms with Crippen LogP contribution in [0.2, 0.25) is 0 Å². The van der Waals surface area contributed by atoms with Gasteiger partial charge in [-0.2, -0.15) is 5.10 Å². The van der Waals surface area contributed by atoms with Crippen LogP contribution in [-0.4, -0.2) is 16.9 Å². The molecular formula is C18H20N4S2. The molecule has 0 bridgehead atoms. The van der Waals surface area contributed by atoms with E-state index in [2.05, 4.69) is 57.6 Å². The van der Waals surface area contributed by atoms with Gasteiger partial charge < -0.3 is 10.6 Å². The lowest BCUT2D eigenvalue weighted by atomic mass is 10.1. The number of fused-ring (bicyclic) bond motifs is 2. The van der Waals surface area contributed by atoms with Crippen molar-refractivity contribution in [1.29, 1.82) is 0 Å². The maximum atomic E-state index is 5.19. The van der Waals surface area contributed by atoms with E-state index in [0.29, 0.717) is 5.11 Å². The first-order chi connectivity index (χ1) is 11.5. The summed E-state index contributed by atoms with van der Waals surface area (Å²) in [5.41, 5.74) is 7.08. The Balaban J connectivity index is 1.76. The van der Waals surface area contributed by atoms with Crippen LogP contribution in [0, 0.1) is 0 Å². The Bertz CT molecular complexity index is 799. The van der Waals surface area contributed by atoms with Crippen LogP contribution >= 0.6 is 24.0 Å². The fourth-order valence-corrected chi connectivity index (χ4v) is 3.61. The number of anilines is 2. The minimum Gasteiger partial charge on any atom is -0.359 e. The number of nitrogens with zero attached hydrogens (tertiary/aromatic N) is 1. The van der Waals surface area contributed by atoms with Crippen LogP contribution in [0.5, 0.6) is 0 Å². The maximum absolute atomic E-state index is 5.19. The molecule has 0 aromatic heterocycles. The molecule has 1 heterocycles. The van der Waals surface area contributed by atoms with Crippen LogP contribution in [0.3, 0.4) is 0 Å². The Kier molecular flexibility index (Phi) is 5.06. The molecule has 0 atom stereocenters. The first kappa shape index (κ1) is 16.8. The maximum Gasteiger partial charge on any atom is 0.187 e. The molecule has 4 nitrogen and oxygen atoms in total. The number of hydrogen-bond acceptors (Lipinski definition) is 4. The van der Waals surface area contributed by atoms with Gasteiger partial charge in [-0.15, -0.1) is 0 Å². The molecule has 0 unspecified atom stereocenters. The molecular weight excluding hydrogens is 336 g/mol. The quantitative estimate of drug-likeness (QED) is 0.367. The molecule has 0 spiro atoms. The minimum atomic E-state index is 0.283. The van der Waals surface area contributed by atoms with E-state index in [-0.39, 0.29) is 6.04 Å². The Hall–Kier alpha value is -2.05. The highest BCUT2D eigenvalue weighted by atomic mass is 32.2. The van der Waals surface area contributed by atoms with Gasteiger partial charge in [-0.25, -0.2) is 0 Å². The number of para-hydroxylation sites is 1. The smallest absolute Gasteiger partial charge is 0.187 e.